The maximum absolute atomic E-state index is 12.9. The van der Waals surface area contributed by atoms with Crippen molar-refractivity contribution in [2.24, 2.45) is 5.92 Å². The smallest absolute Gasteiger partial charge is 0.229 e. The summed E-state index contributed by atoms with van der Waals surface area (Å²) >= 11 is 0. The van der Waals surface area contributed by atoms with E-state index in [4.69, 9.17) is 4.98 Å². The molecule has 1 aromatic heterocycles. The van der Waals surface area contributed by atoms with Crippen molar-refractivity contribution >= 4 is 17.4 Å². The monoisotopic (exact) mass is 414 g/mol. The number of hydrogen-bond acceptors (Lipinski definition) is 4. The second-order valence-corrected chi connectivity index (χ2v) is 8.18. The maximum atomic E-state index is 12.9. The highest BCUT2D eigenvalue weighted by Crippen LogP contribution is 2.25. The Morgan fingerprint density at radius 3 is 2.68 bits per heavy atom. The van der Waals surface area contributed by atoms with Crippen molar-refractivity contribution in [3.63, 3.8) is 0 Å². The van der Waals surface area contributed by atoms with Crippen LogP contribution in [0, 0.1) is 5.92 Å². The molecule has 5 nitrogen and oxygen atoms in total. The third kappa shape index (κ3) is 5.48. The largest absolute Gasteiger partial charge is 0.356 e. The van der Waals surface area contributed by atoms with E-state index in [0.29, 0.717) is 12.4 Å². The molecule has 5 heteroatoms. The summed E-state index contributed by atoms with van der Waals surface area (Å²) in [5.74, 6) is 1.63. The number of carbonyl (C=O) groups excluding carboxylic acids is 1. The van der Waals surface area contributed by atoms with Gasteiger partial charge in [-0.3, -0.25) is 4.79 Å². The number of anilines is 2. The van der Waals surface area contributed by atoms with Gasteiger partial charge in [-0.15, -0.1) is 0 Å². The van der Waals surface area contributed by atoms with E-state index in [1.54, 1.807) is 6.20 Å². The Bertz CT molecular complexity index is 988. The molecule has 1 fully saturated rings. The van der Waals surface area contributed by atoms with Gasteiger partial charge in [-0.25, -0.2) is 9.97 Å². The highest BCUT2D eigenvalue weighted by atomic mass is 16.1. The molecule has 0 saturated carbocycles. The molecule has 1 aliphatic heterocycles. The molecule has 0 spiro atoms. The molecule has 160 valence electrons. The lowest BCUT2D eigenvalue weighted by atomic mass is 9.97. The second kappa shape index (κ2) is 10.2. The summed E-state index contributed by atoms with van der Waals surface area (Å²) in [7, 11) is 0. The van der Waals surface area contributed by atoms with Crippen molar-refractivity contribution in [2.45, 2.75) is 39.0 Å². The molecule has 0 unspecified atom stereocenters. The number of aromatic nitrogens is 2. The lowest BCUT2D eigenvalue weighted by molar-refractivity contribution is -0.120. The van der Waals surface area contributed by atoms with Crippen molar-refractivity contribution in [3.05, 3.63) is 72.4 Å². The molecule has 1 aliphatic rings. The van der Waals surface area contributed by atoms with Crippen LogP contribution in [-0.4, -0.2) is 29.0 Å². The van der Waals surface area contributed by atoms with E-state index >= 15 is 0 Å². The van der Waals surface area contributed by atoms with Crippen LogP contribution in [0.15, 0.2) is 66.9 Å². The number of unbranched alkanes of at least 4 members (excludes halogenated alkanes) is 1. The highest BCUT2D eigenvalue weighted by molar-refractivity contribution is 5.93. The van der Waals surface area contributed by atoms with Crippen LogP contribution in [0.4, 0.5) is 11.5 Å². The minimum absolute atomic E-state index is 0.0522. The van der Waals surface area contributed by atoms with Crippen LogP contribution in [-0.2, 0) is 11.2 Å². The van der Waals surface area contributed by atoms with Crippen LogP contribution in [0.5, 0.6) is 0 Å². The van der Waals surface area contributed by atoms with Gasteiger partial charge >= 0.3 is 0 Å². The van der Waals surface area contributed by atoms with E-state index < -0.39 is 0 Å². The van der Waals surface area contributed by atoms with Gasteiger partial charge in [-0.2, -0.15) is 0 Å². The average molecular weight is 415 g/mol. The second-order valence-electron chi connectivity index (χ2n) is 8.18. The molecule has 3 aromatic rings. The molecule has 1 atom stereocenters. The maximum Gasteiger partial charge on any atom is 0.229 e. The fourth-order valence-electron chi connectivity index (χ4n) is 4.03. The summed E-state index contributed by atoms with van der Waals surface area (Å²) < 4.78 is 0. The first-order valence-electron chi connectivity index (χ1n) is 11.3. The molecule has 4 rings (SSSR count). The van der Waals surface area contributed by atoms with Crippen LogP contribution in [0.3, 0.4) is 0 Å². The van der Waals surface area contributed by atoms with Gasteiger partial charge in [0.15, 0.2) is 5.82 Å². The van der Waals surface area contributed by atoms with Crippen molar-refractivity contribution in [1.29, 1.82) is 0 Å². The van der Waals surface area contributed by atoms with E-state index in [9.17, 15) is 4.79 Å². The Kier molecular flexibility index (Phi) is 6.92. The summed E-state index contributed by atoms with van der Waals surface area (Å²) in [4.78, 5) is 24.3. The summed E-state index contributed by atoms with van der Waals surface area (Å²) in [6.45, 7) is 3.78. The first-order chi connectivity index (χ1) is 15.2. The molecular weight excluding hydrogens is 384 g/mol. The first-order valence-corrected chi connectivity index (χ1v) is 11.3. The van der Waals surface area contributed by atoms with Gasteiger partial charge in [0.25, 0.3) is 0 Å². The van der Waals surface area contributed by atoms with Crippen molar-refractivity contribution < 1.29 is 4.79 Å². The summed E-state index contributed by atoms with van der Waals surface area (Å²) in [6, 6.07) is 20.2. The van der Waals surface area contributed by atoms with Crippen LogP contribution in [0.25, 0.3) is 11.4 Å². The van der Waals surface area contributed by atoms with Gasteiger partial charge in [0.1, 0.15) is 5.82 Å². The SMILES string of the molecule is CCCCc1ccc(NC(=O)[C@H]2CCCN(c3ccnc(-c4ccccc4)n3)C2)cc1. The summed E-state index contributed by atoms with van der Waals surface area (Å²) in [5, 5.41) is 3.11. The number of nitrogens with zero attached hydrogens (tertiary/aromatic N) is 3. The molecule has 2 heterocycles. The Morgan fingerprint density at radius 1 is 1.10 bits per heavy atom. The minimum Gasteiger partial charge on any atom is -0.356 e. The number of carbonyl (C=O) groups is 1. The van der Waals surface area contributed by atoms with Gasteiger partial charge in [0.05, 0.1) is 5.92 Å². The van der Waals surface area contributed by atoms with E-state index in [0.717, 1.165) is 42.9 Å². The van der Waals surface area contributed by atoms with Crippen molar-refractivity contribution in [2.75, 3.05) is 23.3 Å². The Balaban J connectivity index is 1.40. The van der Waals surface area contributed by atoms with E-state index in [-0.39, 0.29) is 11.8 Å². The number of aryl methyl sites for hydroxylation is 1. The zero-order valence-corrected chi connectivity index (χ0v) is 18.1. The molecule has 31 heavy (non-hydrogen) atoms. The molecule has 0 bridgehead atoms. The molecule has 1 saturated heterocycles. The van der Waals surface area contributed by atoms with Crippen LogP contribution in [0.2, 0.25) is 0 Å². The number of benzene rings is 2. The number of hydrogen-bond donors (Lipinski definition) is 1. The Labute approximate surface area is 184 Å². The van der Waals surface area contributed by atoms with Crippen LogP contribution < -0.4 is 10.2 Å². The van der Waals surface area contributed by atoms with Gasteiger partial charge in [0.2, 0.25) is 5.91 Å². The summed E-state index contributed by atoms with van der Waals surface area (Å²) in [6.07, 6.45) is 7.14. The predicted octanol–water partition coefficient (Wildman–Crippen LogP) is 5.34. The lowest BCUT2D eigenvalue weighted by Gasteiger charge is -2.33. The zero-order valence-electron chi connectivity index (χ0n) is 18.1. The quantitative estimate of drug-likeness (QED) is 0.567. The molecule has 0 aliphatic carbocycles. The van der Waals surface area contributed by atoms with E-state index in [1.165, 1.54) is 18.4 Å². The van der Waals surface area contributed by atoms with Gasteiger partial charge in [-0.1, -0.05) is 55.8 Å². The molecule has 1 N–H and O–H groups in total. The fourth-order valence-corrected chi connectivity index (χ4v) is 4.03. The van der Waals surface area contributed by atoms with Crippen LogP contribution in [0.1, 0.15) is 38.2 Å². The standard InChI is InChI=1S/C26H30N4O/c1-2-3-8-20-12-14-23(15-13-20)28-26(31)22-11-7-18-30(19-22)24-16-17-27-25(29-24)21-9-5-4-6-10-21/h4-6,9-10,12-17,22H,2-3,7-8,11,18-19H2,1H3,(H,28,31)/t22-/m0/s1. The third-order valence-electron chi connectivity index (χ3n) is 5.83. The van der Waals surface area contributed by atoms with Gasteiger partial charge in [0, 0.05) is 30.5 Å². The van der Waals surface area contributed by atoms with E-state index in [2.05, 4.69) is 34.3 Å². The highest BCUT2D eigenvalue weighted by Gasteiger charge is 2.27. The fraction of sp³-hybridized carbons (Fsp3) is 0.346. The number of piperidine rings is 1. The number of nitrogens with one attached hydrogen (secondary N) is 1. The molecule has 1 amide bonds. The number of amides is 1. The number of rotatable bonds is 7. The normalized spacial score (nSPS) is 16.2. The molecular formula is C26H30N4O. The topological polar surface area (TPSA) is 58.1 Å². The Morgan fingerprint density at radius 2 is 1.90 bits per heavy atom. The molecule has 2 aromatic carbocycles. The third-order valence-corrected chi connectivity index (χ3v) is 5.83. The van der Waals surface area contributed by atoms with Gasteiger partial charge in [-0.05, 0) is 49.4 Å². The Hall–Kier alpha value is -3.21. The summed E-state index contributed by atoms with van der Waals surface area (Å²) in [5.41, 5.74) is 3.19. The van der Waals surface area contributed by atoms with Crippen molar-refractivity contribution in [1.82, 2.24) is 9.97 Å². The van der Waals surface area contributed by atoms with Crippen LogP contribution >= 0.6 is 0 Å². The minimum atomic E-state index is -0.0522. The van der Waals surface area contributed by atoms with Crippen molar-refractivity contribution in [3.8, 4) is 11.4 Å². The van der Waals surface area contributed by atoms with Gasteiger partial charge < -0.3 is 10.2 Å². The van der Waals surface area contributed by atoms with E-state index in [1.807, 2.05) is 48.5 Å². The zero-order chi connectivity index (χ0) is 21.5. The first kappa shape index (κ1) is 21.0. The lowest BCUT2D eigenvalue weighted by Crippen LogP contribution is -2.41. The molecule has 0 radical (unpaired) electrons. The average Bonchev–Trinajstić information content (AvgIpc) is 2.84. The predicted molar refractivity (Wildman–Crippen MR) is 126 cm³/mol.